The Morgan fingerprint density at radius 3 is 2.33 bits per heavy atom. The van der Waals surface area contributed by atoms with Gasteiger partial charge in [0.25, 0.3) is 0 Å². The fourth-order valence-electron chi connectivity index (χ4n) is 2.09. The van der Waals surface area contributed by atoms with Gasteiger partial charge in [-0.1, -0.05) is 26.8 Å². The third kappa shape index (κ3) is 3.49. The molecule has 0 aliphatic rings. The second kappa shape index (κ2) is 5.75. The van der Waals surface area contributed by atoms with Crippen LogP contribution in [-0.2, 0) is 6.54 Å². The Morgan fingerprint density at radius 1 is 1.28 bits per heavy atom. The summed E-state index contributed by atoms with van der Waals surface area (Å²) < 4.78 is 0. The van der Waals surface area contributed by atoms with Crippen LogP contribution >= 0.6 is 0 Å². The molecule has 1 aromatic carbocycles. The summed E-state index contributed by atoms with van der Waals surface area (Å²) in [5.41, 5.74) is 4.31. The molecular weight excluding hydrogens is 220 g/mol. The summed E-state index contributed by atoms with van der Waals surface area (Å²) in [6.07, 6.45) is 0. The monoisotopic (exact) mass is 248 g/mol. The Bertz CT molecular complexity index is 391. The quantitative estimate of drug-likeness (QED) is 0.876. The van der Waals surface area contributed by atoms with Gasteiger partial charge in [0.05, 0.1) is 0 Å². The number of anilines is 1. The maximum Gasteiger partial charge on any atom is 0.0369 e. The van der Waals surface area contributed by atoms with Crippen molar-refractivity contribution in [3.63, 3.8) is 0 Å². The molecule has 1 N–H and O–H groups in total. The van der Waals surface area contributed by atoms with E-state index >= 15 is 0 Å². The predicted molar refractivity (Wildman–Crippen MR) is 81.3 cm³/mol. The Balaban J connectivity index is 2.94. The summed E-state index contributed by atoms with van der Waals surface area (Å²) >= 11 is 0. The van der Waals surface area contributed by atoms with Crippen LogP contribution in [0.1, 0.15) is 38.8 Å². The Hall–Kier alpha value is -1.02. The van der Waals surface area contributed by atoms with Gasteiger partial charge in [0.2, 0.25) is 0 Å². The van der Waals surface area contributed by atoms with Crippen LogP contribution in [0.5, 0.6) is 0 Å². The highest BCUT2D eigenvalue weighted by Crippen LogP contribution is 2.28. The van der Waals surface area contributed by atoms with E-state index in [1.807, 2.05) is 7.05 Å². The molecule has 0 fully saturated rings. The third-order valence-corrected chi connectivity index (χ3v) is 3.93. The largest absolute Gasteiger partial charge is 0.371 e. The number of aryl methyl sites for hydroxylation is 1. The molecule has 1 rings (SSSR count). The Labute approximate surface area is 112 Å². The lowest BCUT2D eigenvalue weighted by Gasteiger charge is -2.37. The first-order chi connectivity index (χ1) is 8.27. The molecule has 0 saturated carbocycles. The van der Waals surface area contributed by atoms with Gasteiger partial charge in [-0.25, -0.2) is 0 Å². The predicted octanol–water partition coefficient (Wildman–Crippen LogP) is 3.59. The average molecular weight is 248 g/mol. The van der Waals surface area contributed by atoms with Crippen LogP contribution in [0.4, 0.5) is 5.69 Å². The lowest BCUT2D eigenvalue weighted by Crippen LogP contribution is -2.39. The molecule has 1 unspecified atom stereocenters. The molecule has 1 aromatic rings. The van der Waals surface area contributed by atoms with Gasteiger partial charge in [-0.2, -0.15) is 0 Å². The van der Waals surface area contributed by atoms with Crippen LogP contribution in [0.25, 0.3) is 0 Å². The van der Waals surface area contributed by atoms with Crippen molar-refractivity contribution >= 4 is 5.69 Å². The molecule has 102 valence electrons. The topological polar surface area (TPSA) is 15.3 Å². The molecule has 1 atom stereocenters. The third-order valence-electron chi connectivity index (χ3n) is 3.93. The van der Waals surface area contributed by atoms with Crippen LogP contribution in [0.2, 0.25) is 0 Å². The van der Waals surface area contributed by atoms with Crippen LogP contribution < -0.4 is 10.2 Å². The summed E-state index contributed by atoms with van der Waals surface area (Å²) in [4.78, 5) is 2.37. The first-order valence-corrected chi connectivity index (χ1v) is 6.74. The first-order valence-electron chi connectivity index (χ1n) is 6.74. The van der Waals surface area contributed by atoms with E-state index in [1.165, 1.54) is 16.8 Å². The van der Waals surface area contributed by atoms with E-state index in [-0.39, 0.29) is 5.41 Å². The first kappa shape index (κ1) is 15.0. The molecular formula is C16H28N2. The van der Waals surface area contributed by atoms with Gasteiger partial charge in [0.15, 0.2) is 0 Å². The van der Waals surface area contributed by atoms with Crippen molar-refractivity contribution in [1.82, 2.24) is 5.32 Å². The fraction of sp³-hybridized carbons (Fsp3) is 0.625. The van der Waals surface area contributed by atoms with Crippen molar-refractivity contribution in [2.45, 2.75) is 47.2 Å². The summed E-state index contributed by atoms with van der Waals surface area (Å²) in [5.74, 6) is 0. The lowest BCUT2D eigenvalue weighted by molar-refractivity contribution is 0.330. The van der Waals surface area contributed by atoms with E-state index in [2.05, 4.69) is 70.1 Å². The summed E-state index contributed by atoms with van der Waals surface area (Å²) in [6, 6.07) is 7.25. The van der Waals surface area contributed by atoms with Gasteiger partial charge in [-0.3, -0.25) is 0 Å². The highest BCUT2D eigenvalue weighted by Gasteiger charge is 2.24. The molecule has 0 saturated heterocycles. The molecule has 0 aliphatic heterocycles. The molecule has 2 heteroatoms. The molecule has 18 heavy (non-hydrogen) atoms. The van der Waals surface area contributed by atoms with Crippen LogP contribution in [0, 0.1) is 12.3 Å². The van der Waals surface area contributed by atoms with Crippen molar-refractivity contribution in [2.24, 2.45) is 5.41 Å². The maximum absolute atomic E-state index is 3.21. The average Bonchev–Trinajstić information content (AvgIpc) is 2.29. The standard InChI is InChI=1S/C16H28N2/c1-12-10-15(9-8-14(12)11-17-6)18(7)13(2)16(3,4)5/h8-10,13,17H,11H2,1-7H3. The molecule has 0 aliphatic carbocycles. The van der Waals surface area contributed by atoms with Gasteiger partial charge >= 0.3 is 0 Å². The second-order valence-corrected chi connectivity index (χ2v) is 6.29. The van der Waals surface area contributed by atoms with E-state index < -0.39 is 0 Å². The minimum atomic E-state index is 0.284. The highest BCUT2D eigenvalue weighted by molar-refractivity contribution is 5.51. The molecule has 2 nitrogen and oxygen atoms in total. The van der Waals surface area contributed by atoms with E-state index in [1.54, 1.807) is 0 Å². The maximum atomic E-state index is 3.21. The summed E-state index contributed by atoms with van der Waals surface area (Å²) in [5, 5.41) is 3.21. The minimum Gasteiger partial charge on any atom is -0.371 e. The van der Waals surface area contributed by atoms with Gasteiger partial charge in [0, 0.05) is 25.3 Å². The van der Waals surface area contributed by atoms with Crippen molar-refractivity contribution in [1.29, 1.82) is 0 Å². The van der Waals surface area contributed by atoms with Gasteiger partial charge in [-0.15, -0.1) is 0 Å². The second-order valence-electron chi connectivity index (χ2n) is 6.29. The molecule has 0 amide bonds. The van der Waals surface area contributed by atoms with Crippen molar-refractivity contribution in [3.8, 4) is 0 Å². The summed E-state index contributed by atoms with van der Waals surface area (Å²) in [7, 11) is 4.17. The number of rotatable bonds is 4. The summed E-state index contributed by atoms with van der Waals surface area (Å²) in [6.45, 7) is 12.3. The number of nitrogens with zero attached hydrogens (tertiary/aromatic N) is 1. The van der Waals surface area contributed by atoms with Crippen LogP contribution in [0.15, 0.2) is 18.2 Å². The Morgan fingerprint density at radius 2 is 1.89 bits per heavy atom. The molecule has 0 heterocycles. The normalized spacial score (nSPS) is 13.5. The van der Waals surface area contributed by atoms with Crippen LogP contribution in [0.3, 0.4) is 0 Å². The number of hydrogen-bond acceptors (Lipinski definition) is 2. The SMILES string of the molecule is CNCc1ccc(N(C)C(C)C(C)(C)C)cc1C. The van der Waals surface area contributed by atoms with Gasteiger partial charge in [-0.05, 0) is 49.6 Å². The van der Waals surface area contributed by atoms with Crippen molar-refractivity contribution in [3.05, 3.63) is 29.3 Å². The Kier molecular flexibility index (Phi) is 4.80. The van der Waals surface area contributed by atoms with E-state index in [0.717, 1.165) is 6.54 Å². The number of nitrogens with one attached hydrogen (secondary N) is 1. The molecule has 0 radical (unpaired) electrons. The zero-order valence-corrected chi connectivity index (χ0v) is 13.0. The molecule has 0 bridgehead atoms. The fourth-order valence-corrected chi connectivity index (χ4v) is 2.09. The number of hydrogen-bond donors (Lipinski definition) is 1. The smallest absolute Gasteiger partial charge is 0.0369 e. The van der Waals surface area contributed by atoms with E-state index in [9.17, 15) is 0 Å². The lowest BCUT2D eigenvalue weighted by atomic mass is 9.87. The molecule has 0 spiro atoms. The zero-order chi connectivity index (χ0) is 13.9. The van der Waals surface area contributed by atoms with E-state index in [4.69, 9.17) is 0 Å². The molecule has 0 aromatic heterocycles. The van der Waals surface area contributed by atoms with Gasteiger partial charge in [0.1, 0.15) is 0 Å². The van der Waals surface area contributed by atoms with Crippen molar-refractivity contribution < 1.29 is 0 Å². The highest BCUT2D eigenvalue weighted by atomic mass is 15.1. The van der Waals surface area contributed by atoms with Crippen molar-refractivity contribution in [2.75, 3.05) is 19.0 Å². The number of benzene rings is 1. The van der Waals surface area contributed by atoms with E-state index in [0.29, 0.717) is 6.04 Å². The minimum absolute atomic E-state index is 0.284. The zero-order valence-electron chi connectivity index (χ0n) is 13.0. The van der Waals surface area contributed by atoms with Gasteiger partial charge < -0.3 is 10.2 Å². The van der Waals surface area contributed by atoms with Crippen LogP contribution in [-0.4, -0.2) is 20.1 Å².